The zero-order valence-electron chi connectivity index (χ0n) is 19.2. The van der Waals surface area contributed by atoms with Gasteiger partial charge in [0.25, 0.3) is 0 Å². The Morgan fingerprint density at radius 2 is 1.74 bits per heavy atom. The number of nitrogens with zero attached hydrogens (tertiary/aromatic N) is 5. The molecule has 1 aliphatic heterocycles. The molecule has 0 amide bonds. The van der Waals surface area contributed by atoms with Crippen LogP contribution in [0.25, 0.3) is 11.3 Å². The highest BCUT2D eigenvalue weighted by Crippen LogP contribution is 2.34. The van der Waals surface area contributed by atoms with Crippen molar-refractivity contribution in [1.29, 1.82) is 10.5 Å². The number of piperidine rings is 1. The predicted molar refractivity (Wildman–Crippen MR) is 142 cm³/mol. The SMILES string of the molecule is N#CCCN(CCC#N)c1ccc(CN2CCC(c3nc(-c4cccc(Br)c4)cs3)CC2)cc1. The second-order valence-electron chi connectivity index (χ2n) is 8.60. The van der Waals surface area contributed by atoms with Crippen molar-refractivity contribution in [3.63, 3.8) is 0 Å². The molecule has 0 spiro atoms. The fraction of sp³-hybridized carbons (Fsp3) is 0.370. The minimum Gasteiger partial charge on any atom is -0.369 e. The molecule has 0 bridgehead atoms. The van der Waals surface area contributed by atoms with Crippen LogP contribution in [-0.4, -0.2) is 36.1 Å². The van der Waals surface area contributed by atoms with Gasteiger partial charge in [-0.15, -0.1) is 11.3 Å². The lowest BCUT2D eigenvalue weighted by Gasteiger charge is -2.31. The molecule has 0 radical (unpaired) electrons. The van der Waals surface area contributed by atoms with Crippen LogP contribution in [-0.2, 0) is 6.54 Å². The number of benzene rings is 2. The maximum atomic E-state index is 8.92. The van der Waals surface area contributed by atoms with E-state index in [0.717, 1.165) is 53.9 Å². The molecule has 34 heavy (non-hydrogen) atoms. The van der Waals surface area contributed by atoms with Gasteiger partial charge in [0, 0.05) is 46.7 Å². The summed E-state index contributed by atoms with van der Waals surface area (Å²) in [5, 5.41) is 21.3. The zero-order chi connectivity index (χ0) is 23.8. The van der Waals surface area contributed by atoms with Crippen LogP contribution in [0, 0.1) is 22.7 Å². The number of nitriles is 2. The Labute approximate surface area is 214 Å². The summed E-state index contributed by atoms with van der Waals surface area (Å²) < 4.78 is 1.08. The van der Waals surface area contributed by atoms with E-state index in [2.05, 4.69) is 85.7 Å². The average molecular weight is 535 g/mol. The first-order valence-corrected chi connectivity index (χ1v) is 13.3. The molecule has 0 aliphatic carbocycles. The van der Waals surface area contributed by atoms with E-state index in [1.54, 1.807) is 11.3 Å². The number of halogens is 1. The van der Waals surface area contributed by atoms with Gasteiger partial charge in [0.15, 0.2) is 0 Å². The maximum Gasteiger partial charge on any atom is 0.0964 e. The topological polar surface area (TPSA) is 67.0 Å². The zero-order valence-corrected chi connectivity index (χ0v) is 21.6. The monoisotopic (exact) mass is 533 g/mol. The molecule has 2 heterocycles. The van der Waals surface area contributed by atoms with Crippen molar-refractivity contribution in [3.8, 4) is 23.4 Å². The number of likely N-dealkylation sites (tertiary alicyclic amines) is 1. The third kappa shape index (κ3) is 6.45. The Hall–Kier alpha value is -2.71. The molecular weight excluding hydrogens is 506 g/mol. The number of aromatic nitrogens is 1. The number of rotatable bonds is 9. The third-order valence-corrected chi connectivity index (χ3v) is 7.77. The summed E-state index contributed by atoms with van der Waals surface area (Å²) >= 11 is 5.34. The van der Waals surface area contributed by atoms with Crippen LogP contribution >= 0.6 is 27.3 Å². The Morgan fingerprint density at radius 1 is 1.03 bits per heavy atom. The van der Waals surface area contributed by atoms with E-state index < -0.39 is 0 Å². The van der Waals surface area contributed by atoms with Gasteiger partial charge in [-0.25, -0.2) is 4.98 Å². The van der Waals surface area contributed by atoms with E-state index in [0.29, 0.717) is 31.8 Å². The molecule has 1 aromatic heterocycles. The highest BCUT2D eigenvalue weighted by molar-refractivity contribution is 9.10. The third-order valence-electron chi connectivity index (χ3n) is 6.27. The van der Waals surface area contributed by atoms with Crippen molar-refractivity contribution < 1.29 is 0 Å². The number of hydrogen-bond donors (Lipinski definition) is 0. The lowest BCUT2D eigenvalue weighted by atomic mass is 9.97. The molecule has 1 saturated heterocycles. The van der Waals surface area contributed by atoms with Crippen LogP contribution in [0.2, 0.25) is 0 Å². The summed E-state index contributed by atoms with van der Waals surface area (Å²) in [4.78, 5) is 9.61. The maximum absolute atomic E-state index is 8.92. The first kappa shape index (κ1) is 24.4. The minimum atomic E-state index is 0.464. The van der Waals surface area contributed by atoms with Gasteiger partial charge < -0.3 is 4.90 Å². The van der Waals surface area contributed by atoms with Gasteiger partial charge in [0.2, 0.25) is 0 Å². The van der Waals surface area contributed by atoms with E-state index >= 15 is 0 Å². The fourth-order valence-corrected chi connectivity index (χ4v) is 5.80. The summed E-state index contributed by atoms with van der Waals surface area (Å²) in [6.07, 6.45) is 3.20. The molecule has 2 aromatic carbocycles. The van der Waals surface area contributed by atoms with Crippen molar-refractivity contribution in [2.45, 2.75) is 38.1 Å². The van der Waals surface area contributed by atoms with Crippen LogP contribution in [0.5, 0.6) is 0 Å². The van der Waals surface area contributed by atoms with Crippen molar-refractivity contribution in [2.75, 3.05) is 31.1 Å². The smallest absolute Gasteiger partial charge is 0.0964 e. The lowest BCUT2D eigenvalue weighted by Crippen LogP contribution is -2.32. The van der Waals surface area contributed by atoms with E-state index in [9.17, 15) is 0 Å². The van der Waals surface area contributed by atoms with Crippen LogP contribution < -0.4 is 4.90 Å². The Morgan fingerprint density at radius 3 is 2.38 bits per heavy atom. The molecule has 4 rings (SSSR count). The van der Waals surface area contributed by atoms with Crippen molar-refractivity contribution in [1.82, 2.24) is 9.88 Å². The molecule has 5 nitrogen and oxygen atoms in total. The second kappa shape index (κ2) is 12.1. The van der Waals surface area contributed by atoms with E-state index in [-0.39, 0.29) is 0 Å². The highest BCUT2D eigenvalue weighted by Gasteiger charge is 2.23. The van der Waals surface area contributed by atoms with Gasteiger partial charge in [-0.05, 0) is 55.8 Å². The summed E-state index contributed by atoms with van der Waals surface area (Å²) in [5.74, 6) is 0.540. The molecule has 0 unspecified atom stereocenters. The van der Waals surface area contributed by atoms with E-state index in [1.165, 1.54) is 10.6 Å². The van der Waals surface area contributed by atoms with Crippen molar-refractivity contribution >= 4 is 33.0 Å². The second-order valence-corrected chi connectivity index (χ2v) is 10.4. The van der Waals surface area contributed by atoms with Crippen LogP contribution in [0.3, 0.4) is 0 Å². The normalized spacial score (nSPS) is 14.4. The molecule has 174 valence electrons. The predicted octanol–water partition coefficient (Wildman–Crippen LogP) is 6.59. The van der Waals surface area contributed by atoms with Crippen molar-refractivity contribution in [3.05, 3.63) is 69.0 Å². The molecular formula is C27H28BrN5S. The van der Waals surface area contributed by atoms with E-state index in [1.807, 2.05) is 6.07 Å². The Balaban J connectivity index is 1.30. The number of thiazole rings is 1. The fourth-order valence-electron chi connectivity index (χ4n) is 4.40. The molecule has 0 saturated carbocycles. The highest BCUT2D eigenvalue weighted by atomic mass is 79.9. The molecule has 1 fully saturated rings. The van der Waals surface area contributed by atoms with Crippen molar-refractivity contribution in [2.24, 2.45) is 0 Å². The van der Waals surface area contributed by atoms with Crippen LogP contribution in [0.4, 0.5) is 5.69 Å². The molecule has 3 aromatic rings. The largest absolute Gasteiger partial charge is 0.369 e. The average Bonchev–Trinajstić information content (AvgIpc) is 3.36. The minimum absolute atomic E-state index is 0.464. The number of anilines is 1. The van der Waals surface area contributed by atoms with Gasteiger partial charge >= 0.3 is 0 Å². The van der Waals surface area contributed by atoms with Gasteiger partial charge in [-0.3, -0.25) is 4.90 Å². The van der Waals surface area contributed by atoms with Gasteiger partial charge in [-0.1, -0.05) is 40.2 Å². The van der Waals surface area contributed by atoms with Crippen LogP contribution in [0.1, 0.15) is 42.2 Å². The molecule has 7 heteroatoms. The van der Waals surface area contributed by atoms with Crippen LogP contribution in [0.15, 0.2) is 58.4 Å². The summed E-state index contributed by atoms with van der Waals surface area (Å²) in [7, 11) is 0. The van der Waals surface area contributed by atoms with Gasteiger partial charge in [-0.2, -0.15) is 10.5 Å². The van der Waals surface area contributed by atoms with Gasteiger partial charge in [0.05, 0.1) is 35.7 Å². The summed E-state index contributed by atoms with van der Waals surface area (Å²) in [6, 6.07) is 21.3. The molecule has 1 aliphatic rings. The Kier molecular flexibility index (Phi) is 8.71. The summed E-state index contributed by atoms with van der Waals surface area (Å²) in [6.45, 7) is 4.42. The summed E-state index contributed by atoms with van der Waals surface area (Å²) in [5.41, 5.74) is 4.62. The van der Waals surface area contributed by atoms with Gasteiger partial charge in [0.1, 0.15) is 0 Å². The first-order chi connectivity index (χ1) is 16.7. The number of hydrogen-bond acceptors (Lipinski definition) is 6. The lowest BCUT2D eigenvalue weighted by molar-refractivity contribution is 0.204. The Bertz CT molecular complexity index is 1130. The standard InChI is InChI=1S/C27H28BrN5S/c28-24-5-1-4-23(18-24)26-20-34-27(31-26)22-10-16-32(17-11-22)19-21-6-8-25(9-7-21)33(14-2-12-29)15-3-13-30/h1,4-9,18,20,22H,2-3,10-11,14-17,19H2. The molecule has 0 atom stereocenters. The first-order valence-electron chi connectivity index (χ1n) is 11.7. The molecule has 0 N–H and O–H groups in total. The quantitative estimate of drug-likeness (QED) is 0.310. The van der Waals surface area contributed by atoms with E-state index in [4.69, 9.17) is 15.5 Å².